The van der Waals surface area contributed by atoms with Crippen molar-refractivity contribution in [1.29, 1.82) is 0 Å². The molecule has 0 fully saturated rings. The van der Waals surface area contributed by atoms with E-state index in [1.54, 1.807) is 0 Å². The fourth-order valence-corrected chi connectivity index (χ4v) is 3.38. The Hall–Kier alpha value is -3.22. The Labute approximate surface area is 187 Å². The number of rotatable bonds is 7. The van der Waals surface area contributed by atoms with Crippen molar-refractivity contribution in [3.05, 3.63) is 54.4 Å². The predicted octanol–water partition coefficient (Wildman–Crippen LogP) is 5.80. The number of carbonyl (C=O) groups is 1. The van der Waals surface area contributed by atoms with Gasteiger partial charge in [-0.25, -0.2) is 9.97 Å². The van der Waals surface area contributed by atoms with E-state index in [-0.39, 0.29) is 28.8 Å². The summed E-state index contributed by atoms with van der Waals surface area (Å²) in [6.45, 7) is 0. The van der Waals surface area contributed by atoms with E-state index >= 15 is 0 Å². The second-order valence-corrected chi connectivity index (χ2v) is 7.55. The van der Waals surface area contributed by atoms with Gasteiger partial charge in [0.05, 0.1) is 6.26 Å². The number of nitrogens with zero attached hydrogens (tertiary/aromatic N) is 3. The molecule has 0 saturated carbocycles. The van der Waals surface area contributed by atoms with Gasteiger partial charge in [0, 0.05) is 24.9 Å². The van der Waals surface area contributed by atoms with Gasteiger partial charge in [-0.1, -0.05) is 11.8 Å². The molecule has 2 heterocycles. The van der Waals surface area contributed by atoms with Crippen molar-refractivity contribution in [2.24, 2.45) is 0 Å². The summed E-state index contributed by atoms with van der Waals surface area (Å²) < 4.78 is 85.2. The van der Waals surface area contributed by atoms with Gasteiger partial charge in [0.25, 0.3) is 0 Å². The molecule has 0 aliphatic carbocycles. The highest BCUT2D eigenvalue weighted by molar-refractivity contribution is 7.99. The molecule has 0 unspecified atom stereocenters. The molecule has 0 aliphatic rings. The summed E-state index contributed by atoms with van der Waals surface area (Å²) in [7, 11) is 1.42. The van der Waals surface area contributed by atoms with E-state index in [1.165, 1.54) is 42.5 Å². The normalized spacial score (nSPS) is 12.0. The molecular weight excluding hydrogens is 476 g/mol. The summed E-state index contributed by atoms with van der Waals surface area (Å²) in [6.07, 6.45) is -8.31. The lowest BCUT2D eigenvalue weighted by Crippen LogP contribution is -2.26. The summed E-state index contributed by atoms with van der Waals surface area (Å²) >= 11 is 0.855. The number of hydrogen-bond donors (Lipinski definition) is 0. The minimum absolute atomic E-state index is 0.0468. The van der Waals surface area contributed by atoms with Crippen LogP contribution in [0.25, 0.3) is 11.5 Å². The van der Waals surface area contributed by atoms with E-state index in [0.29, 0.717) is 5.69 Å². The van der Waals surface area contributed by atoms with Gasteiger partial charge in [0.2, 0.25) is 5.91 Å². The summed E-state index contributed by atoms with van der Waals surface area (Å²) in [5.41, 5.74) is -0.875. The van der Waals surface area contributed by atoms with Crippen molar-refractivity contribution in [2.75, 3.05) is 17.7 Å². The standard InChI is InChI=1S/C20H15F6N3O3S/c1-29(12-4-6-13(7-5-12)32-20(24,25)26)17(30)8-10-33-18-27-14(15-3-2-9-31-15)11-16(28-18)19(21,22)23/h2-7,9,11H,8,10H2,1H3. The lowest BCUT2D eigenvalue weighted by Gasteiger charge is -2.18. The number of alkyl halides is 6. The molecule has 1 aromatic carbocycles. The first kappa shape index (κ1) is 24.4. The summed E-state index contributed by atoms with van der Waals surface area (Å²) in [5, 5.41) is -0.180. The van der Waals surface area contributed by atoms with E-state index in [2.05, 4.69) is 14.7 Å². The zero-order chi connectivity index (χ0) is 24.2. The van der Waals surface area contributed by atoms with Gasteiger partial charge in [0.1, 0.15) is 17.1 Å². The first-order chi connectivity index (χ1) is 15.4. The van der Waals surface area contributed by atoms with E-state index in [1.807, 2.05) is 0 Å². The smallest absolute Gasteiger partial charge is 0.463 e. The maximum atomic E-state index is 13.2. The Morgan fingerprint density at radius 3 is 2.36 bits per heavy atom. The van der Waals surface area contributed by atoms with E-state index in [9.17, 15) is 31.1 Å². The molecule has 6 nitrogen and oxygen atoms in total. The molecule has 33 heavy (non-hydrogen) atoms. The average Bonchev–Trinajstić information content (AvgIpc) is 3.27. The van der Waals surface area contributed by atoms with E-state index in [4.69, 9.17) is 4.42 Å². The first-order valence-corrected chi connectivity index (χ1v) is 10.2. The molecule has 2 aromatic heterocycles. The van der Waals surface area contributed by atoms with Crippen LogP contribution in [0.4, 0.5) is 32.0 Å². The highest BCUT2D eigenvalue weighted by Crippen LogP contribution is 2.32. The van der Waals surface area contributed by atoms with Crippen LogP contribution >= 0.6 is 11.8 Å². The minimum Gasteiger partial charge on any atom is -0.463 e. The molecule has 3 aromatic rings. The van der Waals surface area contributed by atoms with Gasteiger partial charge in [-0.05, 0) is 42.5 Å². The van der Waals surface area contributed by atoms with Crippen molar-refractivity contribution in [2.45, 2.75) is 24.1 Å². The van der Waals surface area contributed by atoms with Crippen LogP contribution in [0.5, 0.6) is 5.75 Å². The number of amides is 1. The maximum Gasteiger partial charge on any atom is 0.573 e. The third kappa shape index (κ3) is 6.88. The highest BCUT2D eigenvalue weighted by atomic mass is 32.2. The van der Waals surface area contributed by atoms with Crippen LogP contribution in [-0.4, -0.2) is 35.0 Å². The first-order valence-electron chi connectivity index (χ1n) is 9.18. The van der Waals surface area contributed by atoms with Gasteiger partial charge in [-0.3, -0.25) is 4.79 Å². The molecule has 0 radical (unpaired) electrons. The number of carbonyl (C=O) groups excluding carboxylic acids is 1. The number of ether oxygens (including phenoxy) is 1. The summed E-state index contributed by atoms with van der Waals surface area (Å²) in [5.74, 6) is -0.641. The fourth-order valence-electron chi connectivity index (χ4n) is 2.60. The van der Waals surface area contributed by atoms with E-state index in [0.717, 1.165) is 30.0 Å². The third-order valence-electron chi connectivity index (χ3n) is 4.15. The summed E-state index contributed by atoms with van der Waals surface area (Å²) in [6, 6.07) is 8.42. The lowest BCUT2D eigenvalue weighted by atomic mass is 10.2. The third-order valence-corrected chi connectivity index (χ3v) is 5.00. The number of aromatic nitrogens is 2. The van der Waals surface area contributed by atoms with Gasteiger partial charge < -0.3 is 14.1 Å². The fraction of sp³-hybridized carbons (Fsp3) is 0.250. The molecule has 0 atom stereocenters. The van der Waals surface area contributed by atoms with Gasteiger partial charge in [-0.15, -0.1) is 13.2 Å². The molecule has 0 spiro atoms. The van der Waals surface area contributed by atoms with E-state index < -0.39 is 29.9 Å². The highest BCUT2D eigenvalue weighted by Gasteiger charge is 2.34. The van der Waals surface area contributed by atoms with Crippen LogP contribution in [0, 0.1) is 0 Å². The number of furan rings is 1. The molecule has 1 amide bonds. The Morgan fingerprint density at radius 1 is 1.09 bits per heavy atom. The Balaban J connectivity index is 1.63. The van der Waals surface area contributed by atoms with Crippen LogP contribution in [0.3, 0.4) is 0 Å². The zero-order valence-corrected chi connectivity index (χ0v) is 17.6. The van der Waals surface area contributed by atoms with Crippen molar-refractivity contribution < 1.29 is 40.3 Å². The average molecular weight is 491 g/mol. The lowest BCUT2D eigenvalue weighted by molar-refractivity contribution is -0.274. The SMILES string of the molecule is CN(C(=O)CCSc1nc(-c2ccco2)cc(C(F)(F)F)n1)c1ccc(OC(F)(F)F)cc1. The topological polar surface area (TPSA) is 68.5 Å². The number of halogens is 6. The Bertz CT molecular complexity index is 1090. The van der Waals surface area contributed by atoms with Crippen LogP contribution in [0.1, 0.15) is 12.1 Å². The van der Waals surface area contributed by atoms with Crippen molar-refractivity contribution in [1.82, 2.24) is 9.97 Å². The van der Waals surface area contributed by atoms with Crippen LogP contribution < -0.4 is 9.64 Å². The van der Waals surface area contributed by atoms with Crippen LogP contribution in [-0.2, 0) is 11.0 Å². The number of anilines is 1. The van der Waals surface area contributed by atoms with Crippen LogP contribution in [0.2, 0.25) is 0 Å². The second-order valence-electron chi connectivity index (χ2n) is 6.49. The van der Waals surface area contributed by atoms with Gasteiger partial charge in [0.15, 0.2) is 10.9 Å². The van der Waals surface area contributed by atoms with Crippen molar-refractivity contribution in [3.8, 4) is 17.2 Å². The molecule has 13 heteroatoms. The number of hydrogen-bond acceptors (Lipinski definition) is 6. The molecule has 0 saturated heterocycles. The van der Waals surface area contributed by atoms with Crippen molar-refractivity contribution >= 4 is 23.4 Å². The molecule has 0 N–H and O–H groups in total. The second kappa shape index (κ2) is 9.73. The number of thioether (sulfide) groups is 1. The molecule has 176 valence electrons. The van der Waals surface area contributed by atoms with Gasteiger partial charge in [-0.2, -0.15) is 13.2 Å². The van der Waals surface area contributed by atoms with Crippen molar-refractivity contribution in [3.63, 3.8) is 0 Å². The predicted molar refractivity (Wildman–Crippen MR) is 107 cm³/mol. The Kier molecular flexibility index (Phi) is 7.20. The monoisotopic (exact) mass is 491 g/mol. The minimum atomic E-state index is -4.83. The molecule has 0 bridgehead atoms. The largest absolute Gasteiger partial charge is 0.573 e. The number of benzene rings is 1. The maximum absolute atomic E-state index is 13.2. The molecule has 0 aliphatic heterocycles. The molecular formula is C20H15F6N3O3S. The van der Waals surface area contributed by atoms with Gasteiger partial charge >= 0.3 is 12.5 Å². The summed E-state index contributed by atoms with van der Waals surface area (Å²) in [4.78, 5) is 21.2. The molecule has 3 rings (SSSR count). The van der Waals surface area contributed by atoms with Crippen LogP contribution in [0.15, 0.2) is 58.3 Å². The zero-order valence-electron chi connectivity index (χ0n) is 16.8. The Morgan fingerprint density at radius 2 is 1.79 bits per heavy atom. The quantitative estimate of drug-likeness (QED) is 0.237.